The third-order valence-electron chi connectivity index (χ3n) is 3.45. The van der Waals surface area contributed by atoms with Crippen LogP contribution >= 0.6 is 0 Å². The summed E-state index contributed by atoms with van der Waals surface area (Å²) in [5.74, 6) is -0.470. The van der Waals surface area contributed by atoms with Gasteiger partial charge in [-0.2, -0.15) is 0 Å². The predicted molar refractivity (Wildman–Crippen MR) is 106 cm³/mol. The van der Waals surface area contributed by atoms with Gasteiger partial charge in [-0.1, -0.05) is 24.3 Å². The quantitative estimate of drug-likeness (QED) is 0.534. The average molecular weight is 396 g/mol. The summed E-state index contributed by atoms with van der Waals surface area (Å²) in [6.07, 6.45) is -0.286. The van der Waals surface area contributed by atoms with Gasteiger partial charge in [-0.05, 0) is 52.7 Å². The highest BCUT2D eigenvalue weighted by Crippen LogP contribution is 2.21. The Bertz CT molecular complexity index is 691. The Kier molecular flexibility index (Phi) is 8.69. The van der Waals surface area contributed by atoms with E-state index in [1.54, 1.807) is 32.9 Å². The van der Waals surface area contributed by atoms with E-state index in [-0.39, 0.29) is 0 Å². The molecule has 1 unspecified atom stereocenters. The summed E-state index contributed by atoms with van der Waals surface area (Å²) in [6, 6.07) is 7.27. The molecule has 1 aromatic carbocycles. The zero-order valence-corrected chi connectivity index (χ0v) is 17.5. The number of hydrogen-bond acceptors (Lipinski definition) is 5. The number of esters is 1. The number of carbonyl (C=O) groups excluding carboxylic acids is 2. The van der Waals surface area contributed by atoms with E-state index in [9.17, 15) is 13.8 Å². The molecule has 1 N–H and O–H groups in total. The Balaban J connectivity index is 2.63. The fourth-order valence-corrected chi connectivity index (χ4v) is 3.30. The summed E-state index contributed by atoms with van der Waals surface area (Å²) in [5.41, 5.74) is 0.495. The Labute approximate surface area is 163 Å². The Morgan fingerprint density at radius 3 is 2.33 bits per heavy atom. The van der Waals surface area contributed by atoms with Crippen LogP contribution in [0, 0.1) is 6.92 Å². The lowest BCUT2D eigenvalue weighted by atomic mass is 10.2. The van der Waals surface area contributed by atoms with Crippen molar-refractivity contribution in [3.05, 3.63) is 41.3 Å². The molecule has 0 spiro atoms. The summed E-state index contributed by atoms with van der Waals surface area (Å²) in [6.45, 7) is 12.8. The minimum Gasteiger partial charge on any atom is -0.457 e. The topological polar surface area (TPSA) is 81.7 Å². The first kappa shape index (κ1) is 22.9. The molecule has 0 aliphatic heterocycles. The van der Waals surface area contributed by atoms with Crippen molar-refractivity contribution in [2.24, 2.45) is 0 Å². The number of alkyl carbamates (subject to hydrolysis) is 1. The van der Waals surface area contributed by atoms with Gasteiger partial charge < -0.3 is 14.8 Å². The molecular weight excluding hydrogens is 366 g/mol. The van der Waals surface area contributed by atoms with E-state index in [1.165, 1.54) is 6.92 Å². The first-order valence-electron chi connectivity index (χ1n) is 8.81. The fourth-order valence-electron chi connectivity index (χ4n) is 2.21. The molecule has 0 heterocycles. The second-order valence-electron chi connectivity index (χ2n) is 7.22. The first-order valence-corrected chi connectivity index (χ1v) is 9.96. The predicted octanol–water partition coefficient (Wildman–Crippen LogP) is 3.85. The minimum absolute atomic E-state index is 0.325. The number of amides is 1. The van der Waals surface area contributed by atoms with Crippen LogP contribution in [0.3, 0.4) is 0 Å². The van der Waals surface area contributed by atoms with Crippen LogP contribution in [-0.2, 0) is 25.1 Å². The number of aryl methyl sites for hydroxylation is 1. The van der Waals surface area contributed by atoms with E-state index in [0.29, 0.717) is 29.2 Å². The highest BCUT2D eigenvalue weighted by Gasteiger charge is 2.22. The Morgan fingerprint density at radius 1 is 1.22 bits per heavy atom. The zero-order chi connectivity index (χ0) is 20.6. The van der Waals surface area contributed by atoms with Crippen LogP contribution in [0.2, 0.25) is 0 Å². The molecule has 1 amide bonds. The van der Waals surface area contributed by atoms with Gasteiger partial charge in [0.2, 0.25) is 0 Å². The second-order valence-corrected chi connectivity index (χ2v) is 8.75. The van der Waals surface area contributed by atoms with Crippen LogP contribution in [0.25, 0.3) is 0 Å². The van der Waals surface area contributed by atoms with Gasteiger partial charge in [0.15, 0.2) is 0 Å². The number of nitrogens with one attached hydrogen (secondary N) is 1. The molecule has 0 saturated heterocycles. The van der Waals surface area contributed by atoms with Gasteiger partial charge in [0.05, 0.1) is 15.7 Å². The van der Waals surface area contributed by atoms with Gasteiger partial charge in [0.1, 0.15) is 11.7 Å². The second kappa shape index (κ2) is 10.3. The molecule has 0 aromatic heterocycles. The third kappa shape index (κ3) is 8.86. The number of benzene rings is 1. The lowest BCUT2D eigenvalue weighted by molar-refractivity contribution is -0.144. The van der Waals surface area contributed by atoms with E-state index >= 15 is 0 Å². The van der Waals surface area contributed by atoms with Crippen molar-refractivity contribution in [3.8, 4) is 0 Å². The van der Waals surface area contributed by atoms with E-state index in [4.69, 9.17) is 9.47 Å². The van der Waals surface area contributed by atoms with Gasteiger partial charge in [0.25, 0.3) is 0 Å². The molecular formula is C20H29NO5S. The van der Waals surface area contributed by atoms with Gasteiger partial charge in [-0.25, -0.2) is 9.00 Å². The Morgan fingerprint density at radius 2 is 1.81 bits per heavy atom. The number of carbonyl (C=O) groups is 2. The average Bonchev–Trinajstić information content (AvgIpc) is 2.55. The maximum atomic E-state index is 12.7. The fraction of sp³-hybridized carbons (Fsp3) is 0.500. The third-order valence-corrected chi connectivity index (χ3v) is 4.89. The Hall–Kier alpha value is -2.15. The van der Waals surface area contributed by atoms with Crippen LogP contribution < -0.4 is 5.32 Å². The maximum absolute atomic E-state index is 12.7. The molecule has 150 valence electrons. The highest BCUT2D eigenvalue weighted by molar-refractivity contribution is 7.89. The van der Waals surface area contributed by atoms with E-state index in [1.807, 2.05) is 19.1 Å². The molecule has 0 aliphatic carbocycles. The SMILES string of the molecule is C=C(C(CCCNC(=O)OC(C)(C)C)OC(C)=O)[S@@](=O)c1ccc(C)cc1. The molecule has 6 nitrogen and oxygen atoms in total. The van der Waals surface area contributed by atoms with Crippen LogP contribution in [-0.4, -0.2) is 34.5 Å². The van der Waals surface area contributed by atoms with E-state index < -0.39 is 34.6 Å². The molecule has 0 bridgehead atoms. The normalized spacial score (nSPS) is 13.4. The van der Waals surface area contributed by atoms with Crippen molar-refractivity contribution in [1.82, 2.24) is 5.32 Å². The molecule has 0 aliphatic rings. The van der Waals surface area contributed by atoms with Crippen LogP contribution in [0.4, 0.5) is 4.79 Å². The molecule has 2 atom stereocenters. The lowest BCUT2D eigenvalue weighted by Crippen LogP contribution is -2.33. The van der Waals surface area contributed by atoms with Crippen molar-refractivity contribution >= 4 is 22.9 Å². The molecule has 0 radical (unpaired) electrons. The zero-order valence-electron chi connectivity index (χ0n) is 16.7. The first-order chi connectivity index (χ1) is 12.5. The van der Waals surface area contributed by atoms with Gasteiger partial charge in [-0.3, -0.25) is 4.79 Å². The van der Waals surface area contributed by atoms with Gasteiger partial charge >= 0.3 is 12.1 Å². The molecule has 27 heavy (non-hydrogen) atoms. The minimum atomic E-state index is -1.49. The molecule has 1 aromatic rings. The van der Waals surface area contributed by atoms with Crippen molar-refractivity contribution in [2.75, 3.05) is 6.54 Å². The summed E-state index contributed by atoms with van der Waals surface area (Å²) in [5, 5.41) is 2.65. The van der Waals surface area contributed by atoms with Crippen molar-refractivity contribution in [3.63, 3.8) is 0 Å². The summed E-state index contributed by atoms with van der Waals surface area (Å²) in [7, 11) is -1.49. The van der Waals surface area contributed by atoms with Crippen molar-refractivity contribution in [2.45, 2.75) is 64.1 Å². The molecule has 0 saturated carbocycles. The van der Waals surface area contributed by atoms with E-state index in [0.717, 1.165) is 5.56 Å². The van der Waals surface area contributed by atoms with Gasteiger partial charge in [0, 0.05) is 18.4 Å². The van der Waals surface area contributed by atoms with Crippen molar-refractivity contribution < 1.29 is 23.3 Å². The monoisotopic (exact) mass is 395 g/mol. The molecule has 0 fully saturated rings. The van der Waals surface area contributed by atoms with Crippen molar-refractivity contribution in [1.29, 1.82) is 0 Å². The molecule has 7 heteroatoms. The summed E-state index contributed by atoms with van der Waals surface area (Å²) >= 11 is 0. The lowest BCUT2D eigenvalue weighted by Gasteiger charge is -2.21. The van der Waals surface area contributed by atoms with Crippen LogP contribution in [0.1, 0.15) is 46.1 Å². The maximum Gasteiger partial charge on any atom is 0.407 e. The highest BCUT2D eigenvalue weighted by atomic mass is 32.2. The molecule has 1 rings (SSSR count). The summed E-state index contributed by atoms with van der Waals surface area (Å²) < 4.78 is 23.2. The smallest absolute Gasteiger partial charge is 0.407 e. The number of rotatable bonds is 8. The standard InChI is InChI=1S/C20H29NO5S/c1-14-9-11-17(12-10-14)27(24)15(2)18(25-16(3)22)8-7-13-21-19(23)26-20(4,5)6/h9-12,18H,2,7-8,13H2,1,3-6H3,(H,21,23)/t18?,27-/m1/s1. The van der Waals surface area contributed by atoms with Gasteiger partial charge in [-0.15, -0.1) is 0 Å². The largest absolute Gasteiger partial charge is 0.457 e. The van der Waals surface area contributed by atoms with Crippen LogP contribution in [0.5, 0.6) is 0 Å². The van der Waals surface area contributed by atoms with E-state index in [2.05, 4.69) is 11.9 Å². The number of hydrogen-bond donors (Lipinski definition) is 1. The summed E-state index contributed by atoms with van der Waals surface area (Å²) in [4.78, 5) is 24.0. The number of ether oxygens (including phenoxy) is 2. The van der Waals surface area contributed by atoms with Crippen LogP contribution in [0.15, 0.2) is 40.6 Å².